The summed E-state index contributed by atoms with van der Waals surface area (Å²) in [5, 5.41) is 3.84. The van der Waals surface area contributed by atoms with Crippen LogP contribution in [0.3, 0.4) is 0 Å². The van der Waals surface area contributed by atoms with E-state index in [1.165, 1.54) is 36.8 Å². The Labute approximate surface area is 131 Å². The molecule has 0 heterocycles. The van der Waals surface area contributed by atoms with Crippen LogP contribution >= 0.6 is 0 Å². The van der Waals surface area contributed by atoms with Gasteiger partial charge < -0.3 is 5.32 Å². The molecule has 0 amide bonds. The van der Waals surface area contributed by atoms with Gasteiger partial charge >= 0.3 is 0 Å². The van der Waals surface area contributed by atoms with Gasteiger partial charge in [-0.25, -0.2) is 0 Å². The number of nitrogens with one attached hydrogen (secondary N) is 1. The zero-order chi connectivity index (χ0) is 15.5. The molecule has 1 fully saturated rings. The van der Waals surface area contributed by atoms with E-state index >= 15 is 0 Å². The molecule has 0 radical (unpaired) electrons. The van der Waals surface area contributed by atoms with E-state index in [1.54, 1.807) is 0 Å². The average molecular weight is 287 g/mol. The Balaban J connectivity index is 2.20. The van der Waals surface area contributed by atoms with Gasteiger partial charge in [-0.3, -0.25) is 0 Å². The van der Waals surface area contributed by atoms with Gasteiger partial charge in [-0.1, -0.05) is 63.9 Å². The fourth-order valence-electron chi connectivity index (χ4n) is 4.00. The molecule has 1 aliphatic carbocycles. The van der Waals surface area contributed by atoms with Crippen LogP contribution in [-0.2, 0) is 5.41 Å². The van der Waals surface area contributed by atoms with E-state index in [9.17, 15) is 0 Å². The monoisotopic (exact) mass is 287 g/mol. The van der Waals surface area contributed by atoms with Gasteiger partial charge in [-0.2, -0.15) is 0 Å². The molecule has 3 unspecified atom stereocenters. The molecule has 2 rings (SSSR count). The minimum absolute atomic E-state index is 0.249. The van der Waals surface area contributed by atoms with Gasteiger partial charge in [0.2, 0.25) is 0 Å². The quantitative estimate of drug-likeness (QED) is 0.796. The van der Waals surface area contributed by atoms with E-state index in [0.29, 0.717) is 6.04 Å². The second-order valence-electron chi connectivity index (χ2n) is 7.67. The summed E-state index contributed by atoms with van der Waals surface area (Å²) in [6.45, 7) is 12.9. The lowest BCUT2D eigenvalue weighted by molar-refractivity contribution is 0.145. The maximum atomic E-state index is 3.84. The lowest BCUT2D eigenvalue weighted by Crippen LogP contribution is -2.48. The minimum Gasteiger partial charge on any atom is -0.314 e. The highest BCUT2D eigenvalue weighted by Crippen LogP contribution is 2.42. The van der Waals surface area contributed by atoms with Gasteiger partial charge in [0, 0.05) is 6.04 Å². The van der Waals surface area contributed by atoms with Crippen molar-refractivity contribution in [3.05, 3.63) is 35.4 Å². The molecule has 1 aromatic carbocycles. The first-order valence-electron chi connectivity index (χ1n) is 8.75. The SMILES string of the molecule is CCCNC1CC(C)CCC1C(C)(C)c1ccc(C)cc1. The third kappa shape index (κ3) is 3.88. The maximum absolute atomic E-state index is 3.84. The van der Waals surface area contributed by atoms with Gasteiger partial charge in [0.25, 0.3) is 0 Å². The molecule has 0 aliphatic heterocycles. The summed E-state index contributed by atoms with van der Waals surface area (Å²) in [5.74, 6) is 1.60. The topological polar surface area (TPSA) is 12.0 Å². The molecule has 0 aromatic heterocycles. The lowest BCUT2D eigenvalue weighted by Gasteiger charge is -2.45. The van der Waals surface area contributed by atoms with Crippen molar-refractivity contribution in [2.75, 3.05) is 6.54 Å². The standard InChI is InChI=1S/C20H33N/c1-6-13-21-19-14-16(3)9-12-18(19)20(4,5)17-10-7-15(2)8-11-17/h7-8,10-11,16,18-19,21H,6,9,12-14H2,1-5H3. The first kappa shape index (κ1) is 16.5. The summed E-state index contributed by atoms with van der Waals surface area (Å²) in [6, 6.07) is 9.87. The minimum atomic E-state index is 0.249. The second-order valence-corrected chi connectivity index (χ2v) is 7.67. The van der Waals surface area contributed by atoms with Crippen molar-refractivity contribution in [3.63, 3.8) is 0 Å². The van der Waals surface area contributed by atoms with Gasteiger partial charge in [0.1, 0.15) is 0 Å². The first-order valence-corrected chi connectivity index (χ1v) is 8.75. The van der Waals surface area contributed by atoms with Crippen LogP contribution in [0.25, 0.3) is 0 Å². The fraction of sp³-hybridized carbons (Fsp3) is 0.700. The summed E-state index contributed by atoms with van der Waals surface area (Å²) in [7, 11) is 0. The third-order valence-electron chi connectivity index (χ3n) is 5.49. The summed E-state index contributed by atoms with van der Waals surface area (Å²) < 4.78 is 0. The third-order valence-corrected chi connectivity index (χ3v) is 5.49. The van der Waals surface area contributed by atoms with Crippen molar-refractivity contribution in [2.24, 2.45) is 11.8 Å². The van der Waals surface area contributed by atoms with Crippen LogP contribution in [0.2, 0.25) is 0 Å². The zero-order valence-electron chi connectivity index (χ0n) is 14.6. The smallest absolute Gasteiger partial charge is 0.0106 e. The molecular formula is C20H33N. The number of rotatable bonds is 5. The molecule has 1 N–H and O–H groups in total. The van der Waals surface area contributed by atoms with E-state index in [-0.39, 0.29) is 5.41 Å². The molecule has 0 saturated heterocycles. The Bertz CT molecular complexity index is 432. The Morgan fingerprint density at radius 3 is 2.43 bits per heavy atom. The maximum Gasteiger partial charge on any atom is 0.0106 e. The van der Waals surface area contributed by atoms with Gasteiger partial charge in [0.05, 0.1) is 0 Å². The van der Waals surface area contributed by atoms with Gasteiger partial charge in [0.15, 0.2) is 0 Å². The molecule has 118 valence electrons. The second kappa shape index (κ2) is 6.96. The van der Waals surface area contributed by atoms with Crippen LogP contribution in [0.4, 0.5) is 0 Å². The van der Waals surface area contributed by atoms with Crippen molar-refractivity contribution in [3.8, 4) is 0 Å². The van der Waals surface area contributed by atoms with Crippen molar-refractivity contribution < 1.29 is 0 Å². The average Bonchev–Trinajstić information content (AvgIpc) is 2.45. The van der Waals surface area contributed by atoms with Crippen LogP contribution < -0.4 is 5.32 Å². The van der Waals surface area contributed by atoms with Crippen LogP contribution in [0.15, 0.2) is 24.3 Å². The van der Waals surface area contributed by atoms with E-state index in [4.69, 9.17) is 0 Å². The first-order chi connectivity index (χ1) is 9.95. The predicted octanol–water partition coefficient (Wildman–Crippen LogP) is 5.08. The largest absolute Gasteiger partial charge is 0.314 e. The predicted molar refractivity (Wildman–Crippen MR) is 92.8 cm³/mol. The highest BCUT2D eigenvalue weighted by Gasteiger charge is 2.39. The van der Waals surface area contributed by atoms with Crippen LogP contribution in [0, 0.1) is 18.8 Å². The number of aryl methyl sites for hydroxylation is 1. The van der Waals surface area contributed by atoms with Crippen molar-refractivity contribution in [1.29, 1.82) is 0 Å². The highest BCUT2D eigenvalue weighted by atomic mass is 14.9. The summed E-state index contributed by atoms with van der Waals surface area (Å²) in [4.78, 5) is 0. The Kier molecular flexibility index (Phi) is 5.48. The Morgan fingerprint density at radius 1 is 1.14 bits per heavy atom. The van der Waals surface area contributed by atoms with Crippen molar-refractivity contribution >= 4 is 0 Å². The van der Waals surface area contributed by atoms with Crippen LogP contribution in [0.1, 0.15) is 64.5 Å². The number of hydrogen-bond donors (Lipinski definition) is 1. The van der Waals surface area contributed by atoms with Crippen molar-refractivity contribution in [2.45, 2.75) is 71.8 Å². The highest BCUT2D eigenvalue weighted by molar-refractivity contribution is 5.29. The molecule has 1 aliphatic rings. The van der Waals surface area contributed by atoms with Gasteiger partial charge in [-0.15, -0.1) is 0 Å². The molecular weight excluding hydrogens is 254 g/mol. The Hall–Kier alpha value is -0.820. The lowest BCUT2D eigenvalue weighted by atomic mass is 9.63. The molecule has 1 saturated carbocycles. The van der Waals surface area contributed by atoms with Crippen LogP contribution in [-0.4, -0.2) is 12.6 Å². The molecule has 1 heteroatoms. The van der Waals surface area contributed by atoms with Crippen LogP contribution in [0.5, 0.6) is 0 Å². The summed E-state index contributed by atoms with van der Waals surface area (Å²) >= 11 is 0. The zero-order valence-corrected chi connectivity index (χ0v) is 14.6. The summed E-state index contributed by atoms with van der Waals surface area (Å²) in [5.41, 5.74) is 3.10. The van der Waals surface area contributed by atoms with Crippen molar-refractivity contribution in [1.82, 2.24) is 5.32 Å². The van der Waals surface area contributed by atoms with Gasteiger partial charge in [-0.05, 0) is 55.5 Å². The molecule has 0 bridgehead atoms. The van der Waals surface area contributed by atoms with E-state index in [0.717, 1.165) is 18.4 Å². The molecule has 21 heavy (non-hydrogen) atoms. The summed E-state index contributed by atoms with van der Waals surface area (Å²) in [6.07, 6.45) is 5.29. The molecule has 0 spiro atoms. The number of hydrogen-bond acceptors (Lipinski definition) is 1. The molecule has 1 aromatic rings. The van der Waals surface area contributed by atoms with E-state index in [2.05, 4.69) is 64.2 Å². The van der Waals surface area contributed by atoms with E-state index < -0.39 is 0 Å². The number of benzene rings is 1. The normalized spacial score (nSPS) is 26.8. The molecule has 1 nitrogen and oxygen atoms in total. The molecule has 3 atom stereocenters. The Morgan fingerprint density at radius 2 is 1.81 bits per heavy atom. The fourth-order valence-corrected chi connectivity index (χ4v) is 4.00. The van der Waals surface area contributed by atoms with E-state index in [1.807, 2.05) is 0 Å².